The van der Waals surface area contributed by atoms with Crippen LogP contribution in [-0.2, 0) is 6.42 Å². The summed E-state index contributed by atoms with van der Waals surface area (Å²) >= 11 is 0. The first kappa shape index (κ1) is 28.7. The molecule has 2 atom stereocenters. The number of aromatic nitrogens is 3. The van der Waals surface area contributed by atoms with Gasteiger partial charge in [0.25, 0.3) is 0 Å². The van der Waals surface area contributed by atoms with Crippen LogP contribution in [0.2, 0.25) is 0 Å². The molecule has 0 saturated carbocycles. The molecule has 2 aliphatic heterocycles. The molecule has 3 aromatic carbocycles. The molecule has 0 spiro atoms. The number of nitrogens with zero attached hydrogens (tertiary/aromatic N) is 3. The summed E-state index contributed by atoms with van der Waals surface area (Å²) in [5.41, 5.74) is 11.4. The fourth-order valence-corrected chi connectivity index (χ4v) is 8.31. The fraction of sp³-hybridized carbons (Fsp3) is 0.167. The minimum absolute atomic E-state index is 0.0439. The fourth-order valence-electron chi connectivity index (χ4n) is 8.31. The van der Waals surface area contributed by atoms with E-state index in [4.69, 9.17) is 9.40 Å². The maximum absolute atomic E-state index is 16.1. The molecule has 0 saturated heterocycles. The van der Waals surface area contributed by atoms with E-state index in [0.29, 0.717) is 41.1 Å². The van der Waals surface area contributed by atoms with Crippen LogP contribution in [0, 0.1) is 25.6 Å². The Kier molecular flexibility index (Phi) is 6.45. The van der Waals surface area contributed by atoms with Crippen LogP contribution in [0.4, 0.5) is 8.78 Å². The van der Waals surface area contributed by atoms with Gasteiger partial charge in [-0.05, 0) is 73.4 Å². The van der Waals surface area contributed by atoms with Crippen LogP contribution >= 0.6 is 0 Å². The van der Waals surface area contributed by atoms with Crippen molar-refractivity contribution < 1.29 is 22.3 Å². The molecule has 9 rings (SSSR count). The van der Waals surface area contributed by atoms with E-state index in [1.165, 1.54) is 21.8 Å². The van der Waals surface area contributed by atoms with E-state index in [1.54, 1.807) is 0 Å². The van der Waals surface area contributed by atoms with Crippen LogP contribution in [0.3, 0.4) is 0 Å². The largest absolute Gasteiger partial charge is 0.437 e. The lowest BCUT2D eigenvalue weighted by Gasteiger charge is -2.31. The van der Waals surface area contributed by atoms with Gasteiger partial charge in [-0.3, -0.25) is 0 Å². The molecule has 4 nitrogen and oxygen atoms in total. The molecule has 6 heteroatoms. The monoisotopic (exact) mass is 633 g/mol. The van der Waals surface area contributed by atoms with E-state index in [2.05, 4.69) is 97.9 Å². The molecule has 2 aliphatic rings. The minimum Gasteiger partial charge on any atom is -0.437 e. The lowest BCUT2D eigenvalue weighted by atomic mass is 9.77. The molecule has 7 aromatic rings. The maximum Gasteiger partial charge on any atom is 0.368 e. The molecule has 4 aromatic heterocycles. The number of hydrogen-bond donors (Lipinski definition) is 0. The van der Waals surface area contributed by atoms with Crippen molar-refractivity contribution in [1.82, 2.24) is 4.98 Å². The van der Waals surface area contributed by atoms with E-state index in [0.717, 1.165) is 56.9 Å². The summed E-state index contributed by atoms with van der Waals surface area (Å²) in [7, 11) is 0. The van der Waals surface area contributed by atoms with Gasteiger partial charge in [0.1, 0.15) is 5.82 Å². The smallest absolute Gasteiger partial charge is 0.368 e. The molecule has 0 fully saturated rings. The van der Waals surface area contributed by atoms with Crippen molar-refractivity contribution in [2.75, 3.05) is 0 Å². The second kappa shape index (κ2) is 10.8. The summed E-state index contributed by atoms with van der Waals surface area (Å²) in [6.07, 6.45) is 4.14. The zero-order valence-electron chi connectivity index (χ0n) is 26.8. The quantitative estimate of drug-likeness (QED) is 0.133. The Morgan fingerprint density at radius 2 is 1.60 bits per heavy atom. The first-order valence-electron chi connectivity index (χ1n) is 16.5. The highest BCUT2D eigenvalue weighted by atomic mass is 19.1. The number of allylic oxidation sites excluding steroid dienone is 1. The number of pyridine rings is 3. The predicted octanol–water partition coefficient (Wildman–Crippen LogP) is 9.60. The standard InChI is InChI=1S/C42H33F2N3O/c1-24-9-8-10-25(2)39(24)34-18-17-32-31-16-14-27-15-19-36-33(29-11-4-5-12-30(29)35-13-6-7-20-46(35)36)21-26(3)47-37(22-28(43)23-38(47)44)40(27)41(31)48-42(32)45-34/h4-14,16-18,20,22-23,33,36H,3,15,19,21H2,1-2H3/q+2. The second-order valence-corrected chi connectivity index (χ2v) is 13.2. The average molecular weight is 634 g/mol. The molecule has 0 radical (unpaired) electrons. The third-order valence-corrected chi connectivity index (χ3v) is 10.4. The Morgan fingerprint density at radius 3 is 2.46 bits per heavy atom. The summed E-state index contributed by atoms with van der Waals surface area (Å²) < 4.78 is 41.8. The van der Waals surface area contributed by atoms with Crippen LogP contribution in [-0.4, -0.2) is 4.98 Å². The SMILES string of the molecule is C=C1CC2c3ccccc3-c3cccc[n+]3C2CCc2ccc3c(oc4nc(-c5c(C)cccc5C)ccc43)c2-c2cc(F)cc(F)[n+]21. The number of fused-ring (bicyclic) bond motifs is 13. The number of hydrogen-bond acceptors (Lipinski definition) is 2. The van der Waals surface area contributed by atoms with Crippen LogP contribution in [0.25, 0.3) is 61.5 Å². The van der Waals surface area contributed by atoms with Gasteiger partial charge in [-0.15, -0.1) is 8.96 Å². The summed E-state index contributed by atoms with van der Waals surface area (Å²) in [6.45, 7) is 8.61. The molecule has 0 bridgehead atoms. The Bertz CT molecular complexity index is 2460. The molecule has 234 valence electrons. The average Bonchev–Trinajstić information content (AvgIpc) is 3.45. The Balaban J connectivity index is 1.28. The molecular formula is C42H33F2N3O+2. The minimum atomic E-state index is -0.696. The normalized spacial score (nSPS) is 17.0. The zero-order chi connectivity index (χ0) is 32.7. The number of halogens is 2. The maximum atomic E-state index is 16.1. The number of rotatable bonds is 1. The molecule has 48 heavy (non-hydrogen) atoms. The van der Waals surface area contributed by atoms with Crippen molar-refractivity contribution in [3.63, 3.8) is 0 Å². The van der Waals surface area contributed by atoms with E-state index in [9.17, 15) is 0 Å². The number of furan rings is 1. The predicted molar refractivity (Wildman–Crippen MR) is 184 cm³/mol. The summed E-state index contributed by atoms with van der Waals surface area (Å²) in [4.78, 5) is 4.99. The van der Waals surface area contributed by atoms with Gasteiger partial charge in [0.15, 0.2) is 23.5 Å². The van der Waals surface area contributed by atoms with Gasteiger partial charge in [0.05, 0.1) is 23.2 Å². The van der Waals surface area contributed by atoms with Crippen LogP contribution in [0.5, 0.6) is 0 Å². The highest BCUT2D eigenvalue weighted by molar-refractivity contribution is 6.09. The van der Waals surface area contributed by atoms with Crippen molar-refractivity contribution in [3.8, 4) is 33.8 Å². The van der Waals surface area contributed by atoms with Crippen molar-refractivity contribution >= 4 is 27.8 Å². The molecule has 6 heterocycles. The topological polar surface area (TPSA) is 33.8 Å². The third-order valence-electron chi connectivity index (χ3n) is 10.4. The Hall–Kier alpha value is -5.49. The van der Waals surface area contributed by atoms with E-state index >= 15 is 8.78 Å². The van der Waals surface area contributed by atoms with Gasteiger partial charge in [-0.25, -0.2) is 9.37 Å². The first-order chi connectivity index (χ1) is 23.4. The lowest BCUT2D eigenvalue weighted by molar-refractivity contribution is -0.719. The van der Waals surface area contributed by atoms with Crippen molar-refractivity contribution in [2.24, 2.45) is 0 Å². The number of benzene rings is 3. The molecule has 0 aliphatic carbocycles. The Morgan fingerprint density at radius 1 is 0.812 bits per heavy atom. The van der Waals surface area contributed by atoms with E-state index in [1.807, 2.05) is 18.2 Å². The molecule has 0 N–H and O–H groups in total. The van der Waals surface area contributed by atoms with E-state index in [-0.39, 0.29) is 12.0 Å². The first-order valence-corrected chi connectivity index (χ1v) is 16.5. The Labute approximate surface area is 277 Å². The van der Waals surface area contributed by atoms with Crippen LogP contribution < -0.4 is 9.13 Å². The second-order valence-electron chi connectivity index (χ2n) is 13.2. The summed E-state index contributed by atoms with van der Waals surface area (Å²) in [5, 5.41) is 1.71. The van der Waals surface area contributed by atoms with Gasteiger partial charge < -0.3 is 4.42 Å². The molecule has 0 amide bonds. The van der Waals surface area contributed by atoms with Gasteiger partial charge in [-0.1, -0.05) is 48.5 Å². The van der Waals surface area contributed by atoms with Gasteiger partial charge in [0.2, 0.25) is 17.1 Å². The van der Waals surface area contributed by atoms with Crippen molar-refractivity contribution in [2.45, 2.75) is 45.1 Å². The summed E-state index contributed by atoms with van der Waals surface area (Å²) in [6, 6.07) is 31.7. The van der Waals surface area contributed by atoms with Crippen LogP contribution in [0.1, 0.15) is 47.1 Å². The van der Waals surface area contributed by atoms with E-state index < -0.39 is 11.8 Å². The van der Waals surface area contributed by atoms with Crippen molar-refractivity contribution in [1.29, 1.82) is 0 Å². The van der Waals surface area contributed by atoms with Gasteiger partial charge in [-0.2, -0.15) is 4.57 Å². The highest BCUT2D eigenvalue weighted by Gasteiger charge is 2.43. The zero-order valence-corrected chi connectivity index (χ0v) is 26.8. The molecular weight excluding hydrogens is 600 g/mol. The molecule has 2 unspecified atom stereocenters. The van der Waals surface area contributed by atoms with Crippen molar-refractivity contribution in [3.05, 3.63) is 144 Å². The lowest BCUT2D eigenvalue weighted by Crippen LogP contribution is -2.49. The summed E-state index contributed by atoms with van der Waals surface area (Å²) in [5.74, 6) is -1.30. The van der Waals surface area contributed by atoms with Gasteiger partial charge >= 0.3 is 5.95 Å². The van der Waals surface area contributed by atoms with Crippen LogP contribution in [0.15, 0.2) is 114 Å². The van der Waals surface area contributed by atoms with Gasteiger partial charge in [0, 0.05) is 52.9 Å². The highest BCUT2D eigenvalue weighted by Crippen LogP contribution is 2.45. The number of aryl methyl sites for hydroxylation is 3. The third kappa shape index (κ3) is 4.28.